The Balaban J connectivity index is 1.41. The first-order chi connectivity index (χ1) is 16.6. The average Bonchev–Trinajstić information content (AvgIpc) is 3.22. The van der Waals surface area contributed by atoms with Crippen LogP contribution >= 0.6 is 11.3 Å². The van der Waals surface area contributed by atoms with Crippen molar-refractivity contribution in [3.05, 3.63) is 40.5 Å². The third-order valence-corrected chi connectivity index (χ3v) is 7.04. The van der Waals surface area contributed by atoms with Crippen molar-refractivity contribution in [2.45, 2.75) is 19.9 Å². The van der Waals surface area contributed by atoms with E-state index in [1.807, 2.05) is 19.1 Å². The minimum Gasteiger partial charge on any atom is -0.497 e. The molecule has 10 heteroatoms. The average molecular weight is 486 g/mol. The summed E-state index contributed by atoms with van der Waals surface area (Å²) in [6.45, 7) is 7.73. The number of methoxy groups -OCH3 is 2. The number of benzene rings is 1. The van der Waals surface area contributed by atoms with Crippen molar-refractivity contribution in [3.8, 4) is 11.5 Å². The minimum atomic E-state index is -0.138. The van der Waals surface area contributed by atoms with Crippen LogP contribution in [0, 0.1) is 6.92 Å². The van der Waals surface area contributed by atoms with E-state index in [1.165, 1.54) is 11.3 Å². The van der Waals surface area contributed by atoms with Crippen LogP contribution in [-0.4, -0.2) is 74.4 Å². The lowest BCUT2D eigenvalue weighted by molar-refractivity contribution is 0.0378. The molecule has 0 spiro atoms. The van der Waals surface area contributed by atoms with Crippen LogP contribution in [0.15, 0.2) is 24.5 Å². The molecule has 34 heavy (non-hydrogen) atoms. The summed E-state index contributed by atoms with van der Waals surface area (Å²) in [6.07, 6.45) is 2.55. The molecule has 1 aliphatic rings. The number of ether oxygens (including phenoxy) is 3. The van der Waals surface area contributed by atoms with Gasteiger partial charge in [-0.05, 0) is 43.1 Å². The second kappa shape index (κ2) is 11.5. The lowest BCUT2D eigenvalue weighted by atomic mass is 10.1. The third-order valence-electron chi connectivity index (χ3n) is 5.84. The highest BCUT2D eigenvalue weighted by Crippen LogP contribution is 2.33. The smallest absolute Gasteiger partial charge is 0.261 e. The van der Waals surface area contributed by atoms with E-state index in [9.17, 15) is 4.79 Å². The van der Waals surface area contributed by atoms with Crippen LogP contribution in [0.3, 0.4) is 0 Å². The number of hydrogen-bond donors (Lipinski definition) is 2. The largest absolute Gasteiger partial charge is 0.497 e. The Kier molecular flexibility index (Phi) is 8.15. The maximum Gasteiger partial charge on any atom is 0.261 e. The predicted octanol–water partition coefficient (Wildman–Crippen LogP) is 3.08. The summed E-state index contributed by atoms with van der Waals surface area (Å²) >= 11 is 1.38. The lowest BCUT2D eigenvalue weighted by Gasteiger charge is -2.26. The fourth-order valence-electron chi connectivity index (χ4n) is 3.99. The first kappa shape index (κ1) is 24.2. The van der Waals surface area contributed by atoms with Crippen molar-refractivity contribution in [3.63, 3.8) is 0 Å². The van der Waals surface area contributed by atoms with Gasteiger partial charge in [-0.3, -0.25) is 9.69 Å². The second-order valence-electron chi connectivity index (χ2n) is 8.10. The minimum absolute atomic E-state index is 0.138. The fraction of sp³-hybridized carbons (Fsp3) is 0.458. The fourth-order valence-corrected chi connectivity index (χ4v) is 5.05. The number of morpholine rings is 1. The van der Waals surface area contributed by atoms with Crippen molar-refractivity contribution in [1.82, 2.24) is 20.2 Å². The van der Waals surface area contributed by atoms with E-state index in [1.54, 1.807) is 26.6 Å². The normalized spacial score (nSPS) is 14.2. The highest BCUT2D eigenvalue weighted by molar-refractivity contribution is 7.20. The Hall–Kier alpha value is -2.95. The molecule has 1 fully saturated rings. The molecule has 0 bridgehead atoms. The first-order valence-electron chi connectivity index (χ1n) is 11.4. The van der Waals surface area contributed by atoms with Crippen LogP contribution in [0.5, 0.6) is 11.5 Å². The molecule has 0 atom stereocenters. The molecule has 9 nitrogen and oxygen atoms in total. The molecular formula is C24H31N5O4S. The van der Waals surface area contributed by atoms with Crippen molar-refractivity contribution in [2.24, 2.45) is 0 Å². The predicted molar refractivity (Wildman–Crippen MR) is 133 cm³/mol. The number of hydrogen-bond acceptors (Lipinski definition) is 9. The first-order valence-corrected chi connectivity index (χ1v) is 12.2. The van der Waals surface area contributed by atoms with E-state index in [4.69, 9.17) is 14.2 Å². The Morgan fingerprint density at radius 2 is 1.88 bits per heavy atom. The summed E-state index contributed by atoms with van der Waals surface area (Å²) in [5.74, 6) is 2.00. The van der Waals surface area contributed by atoms with Gasteiger partial charge >= 0.3 is 0 Å². The van der Waals surface area contributed by atoms with Crippen molar-refractivity contribution < 1.29 is 19.0 Å². The van der Waals surface area contributed by atoms with Crippen LogP contribution < -0.4 is 20.1 Å². The molecule has 0 unspecified atom stereocenters. The van der Waals surface area contributed by atoms with E-state index < -0.39 is 0 Å². The number of thiophene rings is 1. The summed E-state index contributed by atoms with van der Waals surface area (Å²) in [4.78, 5) is 25.7. The number of nitrogens with zero attached hydrogens (tertiary/aromatic N) is 3. The Morgan fingerprint density at radius 1 is 1.15 bits per heavy atom. The maximum absolute atomic E-state index is 13.0. The molecule has 2 aromatic heterocycles. The van der Waals surface area contributed by atoms with Crippen LogP contribution in [0.4, 0.5) is 5.82 Å². The van der Waals surface area contributed by atoms with E-state index in [2.05, 4.69) is 25.5 Å². The Labute approximate surface area is 203 Å². The number of amides is 1. The van der Waals surface area contributed by atoms with Gasteiger partial charge in [-0.15, -0.1) is 11.3 Å². The van der Waals surface area contributed by atoms with Gasteiger partial charge in [0.05, 0.1) is 37.7 Å². The molecule has 1 amide bonds. The number of carbonyl (C=O) groups is 1. The summed E-state index contributed by atoms with van der Waals surface area (Å²) in [5, 5.41) is 7.35. The van der Waals surface area contributed by atoms with Crippen molar-refractivity contribution in [1.29, 1.82) is 0 Å². The van der Waals surface area contributed by atoms with Gasteiger partial charge in [0, 0.05) is 32.2 Å². The molecule has 0 saturated carbocycles. The Morgan fingerprint density at radius 3 is 2.59 bits per heavy atom. The molecular weight excluding hydrogens is 454 g/mol. The number of rotatable bonds is 10. The number of anilines is 1. The molecule has 0 aliphatic carbocycles. The maximum atomic E-state index is 13.0. The molecule has 3 aromatic rings. The van der Waals surface area contributed by atoms with Crippen molar-refractivity contribution >= 4 is 33.3 Å². The van der Waals surface area contributed by atoms with Gasteiger partial charge in [-0.25, -0.2) is 9.97 Å². The highest BCUT2D eigenvalue weighted by atomic mass is 32.1. The quantitative estimate of drug-likeness (QED) is 0.423. The van der Waals surface area contributed by atoms with Crippen LogP contribution in [0.1, 0.15) is 27.2 Å². The number of carbonyl (C=O) groups excluding carboxylic acids is 1. The number of aryl methyl sites for hydroxylation is 1. The van der Waals surface area contributed by atoms with Gasteiger partial charge in [-0.1, -0.05) is 0 Å². The number of aromatic nitrogens is 2. The van der Waals surface area contributed by atoms with E-state index in [-0.39, 0.29) is 5.91 Å². The van der Waals surface area contributed by atoms with Gasteiger partial charge in [0.15, 0.2) is 0 Å². The van der Waals surface area contributed by atoms with E-state index in [0.29, 0.717) is 22.9 Å². The lowest BCUT2D eigenvalue weighted by Crippen LogP contribution is -2.37. The summed E-state index contributed by atoms with van der Waals surface area (Å²) in [6, 6.07) is 5.56. The van der Waals surface area contributed by atoms with E-state index >= 15 is 0 Å². The SMILES string of the molecule is COc1cc(CNC(=O)c2sc3ncnc(NCCCN4CCOCC4)c3c2C)cc(OC)c1. The highest BCUT2D eigenvalue weighted by Gasteiger charge is 2.19. The standard InChI is InChI=1S/C24H31N5O4S/c1-16-20-22(25-5-4-6-29-7-9-33-10-8-29)27-15-28-24(20)34-21(16)23(30)26-14-17-11-18(31-2)13-19(12-17)32-3/h11-13,15H,4-10,14H2,1-3H3,(H,26,30)(H,25,27,28). The Bertz CT molecular complexity index is 1110. The number of fused-ring (bicyclic) bond motifs is 1. The van der Waals surface area contributed by atoms with Gasteiger partial charge in [0.25, 0.3) is 5.91 Å². The zero-order valence-corrected chi connectivity index (χ0v) is 20.7. The third kappa shape index (κ3) is 5.75. The molecule has 1 aliphatic heterocycles. The topological polar surface area (TPSA) is 97.8 Å². The number of nitrogens with one attached hydrogen (secondary N) is 2. The summed E-state index contributed by atoms with van der Waals surface area (Å²) in [7, 11) is 3.21. The van der Waals surface area contributed by atoms with Gasteiger partial charge in [0.1, 0.15) is 28.5 Å². The van der Waals surface area contributed by atoms with Crippen LogP contribution in [0.25, 0.3) is 10.2 Å². The van der Waals surface area contributed by atoms with E-state index in [0.717, 1.165) is 73.0 Å². The second-order valence-corrected chi connectivity index (χ2v) is 9.10. The molecule has 182 valence electrons. The van der Waals surface area contributed by atoms with Crippen LogP contribution in [-0.2, 0) is 11.3 Å². The zero-order chi connectivity index (χ0) is 23.9. The van der Waals surface area contributed by atoms with Gasteiger partial charge < -0.3 is 24.8 Å². The molecule has 1 aromatic carbocycles. The monoisotopic (exact) mass is 485 g/mol. The van der Waals surface area contributed by atoms with Gasteiger partial charge in [-0.2, -0.15) is 0 Å². The van der Waals surface area contributed by atoms with Gasteiger partial charge in [0.2, 0.25) is 0 Å². The summed E-state index contributed by atoms with van der Waals surface area (Å²) in [5.41, 5.74) is 1.78. The van der Waals surface area contributed by atoms with Crippen LogP contribution in [0.2, 0.25) is 0 Å². The molecule has 2 N–H and O–H groups in total. The molecule has 0 radical (unpaired) electrons. The zero-order valence-electron chi connectivity index (χ0n) is 19.8. The molecule has 3 heterocycles. The molecule has 4 rings (SSSR count). The van der Waals surface area contributed by atoms with Crippen molar-refractivity contribution in [2.75, 3.05) is 58.9 Å². The summed E-state index contributed by atoms with van der Waals surface area (Å²) < 4.78 is 16.0. The molecule has 1 saturated heterocycles.